The van der Waals surface area contributed by atoms with Crippen LogP contribution in [0.5, 0.6) is 0 Å². The molecule has 5 heteroatoms. The van der Waals surface area contributed by atoms with Crippen molar-refractivity contribution < 1.29 is 14.7 Å². The van der Waals surface area contributed by atoms with Gasteiger partial charge in [0.2, 0.25) is 5.91 Å². The number of carbonyl (C=O) groups excluding carboxylic acids is 1. The lowest BCUT2D eigenvalue weighted by Crippen LogP contribution is -2.40. The Hall–Kier alpha value is -2.04. The van der Waals surface area contributed by atoms with Crippen molar-refractivity contribution in [3.05, 3.63) is 29.8 Å². The monoisotopic (exact) mass is 290 g/mol. The normalized spacial score (nSPS) is 13.8. The van der Waals surface area contributed by atoms with E-state index in [1.165, 1.54) is 0 Å². The number of benzene rings is 1. The Bertz CT molecular complexity index is 509. The molecule has 0 atom stereocenters. The highest BCUT2D eigenvalue weighted by Gasteiger charge is 2.30. The summed E-state index contributed by atoms with van der Waals surface area (Å²) in [6.45, 7) is 2.56. The lowest BCUT2D eigenvalue weighted by Gasteiger charge is -2.26. The summed E-state index contributed by atoms with van der Waals surface area (Å²) in [5.41, 5.74) is 2.03. The summed E-state index contributed by atoms with van der Waals surface area (Å²) in [7, 11) is 1.82. The molecule has 1 aliphatic carbocycles. The smallest absolute Gasteiger partial charge is 0.305 e. The molecular formula is C16H22N2O3. The third-order valence-electron chi connectivity index (χ3n) is 3.81. The Labute approximate surface area is 125 Å². The number of carboxylic acids is 1. The van der Waals surface area contributed by atoms with Gasteiger partial charge in [-0.05, 0) is 31.9 Å². The third-order valence-corrected chi connectivity index (χ3v) is 3.81. The summed E-state index contributed by atoms with van der Waals surface area (Å²) in [6, 6.07) is 8.18. The largest absolute Gasteiger partial charge is 0.481 e. The number of carboxylic acid groups (broad SMARTS) is 1. The molecule has 114 valence electrons. The van der Waals surface area contributed by atoms with Gasteiger partial charge in [-0.1, -0.05) is 17.7 Å². The zero-order valence-electron chi connectivity index (χ0n) is 12.6. The van der Waals surface area contributed by atoms with Crippen molar-refractivity contribution in [3.8, 4) is 0 Å². The van der Waals surface area contributed by atoms with E-state index in [4.69, 9.17) is 5.11 Å². The van der Waals surface area contributed by atoms with Crippen LogP contribution in [0.1, 0.15) is 24.8 Å². The summed E-state index contributed by atoms with van der Waals surface area (Å²) in [5, 5.41) is 8.87. The van der Waals surface area contributed by atoms with Gasteiger partial charge < -0.3 is 14.9 Å². The van der Waals surface area contributed by atoms with Crippen LogP contribution in [0, 0.1) is 6.92 Å². The van der Waals surface area contributed by atoms with E-state index in [0.29, 0.717) is 12.6 Å². The molecule has 0 aliphatic heterocycles. The third kappa shape index (κ3) is 4.48. The number of carbonyl (C=O) groups is 2. The molecule has 0 saturated heterocycles. The molecule has 1 saturated carbocycles. The van der Waals surface area contributed by atoms with E-state index in [0.717, 1.165) is 24.1 Å². The molecule has 1 N–H and O–H groups in total. The van der Waals surface area contributed by atoms with Crippen LogP contribution in [0.3, 0.4) is 0 Å². The van der Waals surface area contributed by atoms with E-state index >= 15 is 0 Å². The van der Waals surface area contributed by atoms with Gasteiger partial charge in [0.25, 0.3) is 0 Å². The van der Waals surface area contributed by atoms with Crippen LogP contribution in [0.15, 0.2) is 24.3 Å². The van der Waals surface area contributed by atoms with Crippen LogP contribution in [-0.2, 0) is 9.59 Å². The van der Waals surface area contributed by atoms with Gasteiger partial charge in [-0.25, -0.2) is 0 Å². The zero-order chi connectivity index (χ0) is 15.4. The number of aryl methyl sites for hydroxylation is 1. The molecule has 0 aromatic heterocycles. The average Bonchev–Trinajstić information content (AvgIpc) is 3.27. The van der Waals surface area contributed by atoms with Crippen molar-refractivity contribution >= 4 is 17.6 Å². The van der Waals surface area contributed by atoms with Gasteiger partial charge in [-0.15, -0.1) is 0 Å². The molecule has 1 aromatic rings. The molecule has 2 rings (SSSR count). The minimum absolute atomic E-state index is 0.0221. The van der Waals surface area contributed by atoms with Gasteiger partial charge in [-0.3, -0.25) is 9.59 Å². The number of nitrogens with zero attached hydrogens (tertiary/aromatic N) is 2. The first-order chi connectivity index (χ1) is 9.97. The first kappa shape index (κ1) is 15.4. The van der Waals surface area contributed by atoms with E-state index in [1.54, 1.807) is 4.90 Å². The predicted molar refractivity (Wildman–Crippen MR) is 81.4 cm³/mol. The van der Waals surface area contributed by atoms with Crippen LogP contribution in [0.4, 0.5) is 5.69 Å². The van der Waals surface area contributed by atoms with Crippen LogP contribution >= 0.6 is 0 Å². The number of amides is 1. The topological polar surface area (TPSA) is 60.9 Å². The van der Waals surface area contributed by atoms with Crippen molar-refractivity contribution in [2.45, 2.75) is 32.2 Å². The van der Waals surface area contributed by atoms with Crippen LogP contribution in [-0.4, -0.2) is 48.1 Å². The summed E-state index contributed by atoms with van der Waals surface area (Å²) < 4.78 is 0. The van der Waals surface area contributed by atoms with Gasteiger partial charge in [0.1, 0.15) is 0 Å². The molecule has 1 aliphatic rings. The summed E-state index contributed by atoms with van der Waals surface area (Å²) in [6.07, 6.45) is 2.16. The number of rotatable bonds is 7. The van der Waals surface area contributed by atoms with Crippen LogP contribution in [0.2, 0.25) is 0 Å². The fourth-order valence-corrected chi connectivity index (χ4v) is 2.23. The molecule has 5 nitrogen and oxygen atoms in total. The van der Waals surface area contributed by atoms with Gasteiger partial charge in [0.05, 0.1) is 13.0 Å². The molecule has 1 fully saturated rings. The first-order valence-electron chi connectivity index (χ1n) is 7.26. The molecule has 0 unspecified atom stereocenters. The fourth-order valence-electron chi connectivity index (χ4n) is 2.23. The standard InChI is InChI=1S/C16H22N2O3/c1-12-3-5-14(6-4-12)18(10-9-16(20)21)11-15(19)17(2)13-7-8-13/h3-6,13H,7-11H2,1-2H3,(H,20,21). The Morgan fingerprint density at radius 3 is 2.38 bits per heavy atom. The Balaban J connectivity index is 2.05. The summed E-state index contributed by atoms with van der Waals surface area (Å²) in [4.78, 5) is 26.7. The Morgan fingerprint density at radius 2 is 1.86 bits per heavy atom. The van der Waals surface area contributed by atoms with E-state index in [2.05, 4.69) is 0 Å². The minimum atomic E-state index is -0.852. The second kappa shape index (κ2) is 6.61. The maximum absolute atomic E-state index is 12.3. The van der Waals surface area contributed by atoms with Crippen molar-refractivity contribution in [2.24, 2.45) is 0 Å². The van der Waals surface area contributed by atoms with Gasteiger partial charge in [-0.2, -0.15) is 0 Å². The van der Waals surface area contributed by atoms with E-state index < -0.39 is 5.97 Å². The zero-order valence-corrected chi connectivity index (χ0v) is 12.6. The van der Waals surface area contributed by atoms with E-state index in [1.807, 2.05) is 43.1 Å². The SMILES string of the molecule is Cc1ccc(N(CCC(=O)O)CC(=O)N(C)C2CC2)cc1. The highest BCUT2D eigenvalue weighted by molar-refractivity contribution is 5.82. The Morgan fingerprint density at radius 1 is 1.24 bits per heavy atom. The fraction of sp³-hybridized carbons (Fsp3) is 0.500. The lowest BCUT2D eigenvalue weighted by atomic mass is 10.2. The second-order valence-corrected chi connectivity index (χ2v) is 5.64. The quantitative estimate of drug-likeness (QED) is 0.833. The highest BCUT2D eigenvalue weighted by atomic mass is 16.4. The number of aliphatic carboxylic acids is 1. The average molecular weight is 290 g/mol. The number of hydrogen-bond acceptors (Lipinski definition) is 3. The molecule has 21 heavy (non-hydrogen) atoms. The second-order valence-electron chi connectivity index (χ2n) is 5.64. The molecule has 0 spiro atoms. The molecule has 1 amide bonds. The predicted octanol–water partition coefficient (Wildman–Crippen LogP) is 1.90. The molecular weight excluding hydrogens is 268 g/mol. The summed E-state index contributed by atoms with van der Waals surface area (Å²) in [5.74, 6) is -0.807. The highest BCUT2D eigenvalue weighted by Crippen LogP contribution is 2.25. The van der Waals surface area contributed by atoms with Crippen molar-refractivity contribution in [2.75, 3.05) is 25.0 Å². The molecule has 0 heterocycles. The number of likely N-dealkylation sites (N-methyl/N-ethyl adjacent to an activating group) is 1. The Kier molecular flexibility index (Phi) is 4.83. The minimum Gasteiger partial charge on any atom is -0.481 e. The van der Waals surface area contributed by atoms with Gasteiger partial charge in [0, 0.05) is 25.3 Å². The molecule has 1 aromatic carbocycles. The summed E-state index contributed by atoms with van der Waals surface area (Å²) >= 11 is 0. The molecule has 0 radical (unpaired) electrons. The maximum atomic E-state index is 12.3. The van der Waals surface area contributed by atoms with Crippen molar-refractivity contribution in [1.82, 2.24) is 4.90 Å². The van der Waals surface area contributed by atoms with Crippen molar-refractivity contribution in [1.29, 1.82) is 0 Å². The first-order valence-corrected chi connectivity index (χ1v) is 7.26. The van der Waals surface area contributed by atoms with Crippen LogP contribution < -0.4 is 4.90 Å². The lowest BCUT2D eigenvalue weighted by molar-refractivity contribution is -0.137. The van der Waals surface area contributed by atoms with Gasteiger partial charge >= 0.3 is 5.97 Å². The maximum Gasteiger partial charge on any atom is 0.305 e. The van der Waals surface area contributed by atoms with Crippen molar-refractivity contribution in [3.63, 3.8) is 0 Å². The van der Waals surface area contributed by atoms with E-state index in [9.17, 15) is 9.59 Å². The molecule has 0 bridgehead atoms. The van der Waals surface area contributed by atoms with Gasteiger partial charge in [0.15, 0.2) is 0 Å². The number of anilines is 1. The van der Waals surface area contributed by atoms with E-state index in [-0.39, 0.29) is 18.9 Å². The van der Waals surface area contributed by atoms with Crippen LogP contribution in [0.25, 0.3) is 0 Å². The number of hydrogen-bond donors (Lipinski definition) is 1.